The third-order valence-electron chi connectivity index (χ3n) is 9.62. The summed E-state index contributed by atoms with van der Waals surface area (Å²) < 4.78 is 31.6. The van der Waals surface area contributed by atoms with Gasteiger partial charge in [-0.2, -0.15) is 10.5 Å². The van der Waals surface area contributed by atoms with Gasteiger partial charge in [0.25, 0.3) is 0 Å². The Morgan fingerprint density at radius 1 is 0.436 bits per heavy atom. The second-order valence-corrected chi connectivity index (χ2v) is 13.0. The number of rotatable bonds is 6. The van der Waals surface area contributed by atoms with Gasteiger partial charge in [-0.15, -0.1) is 0 Å². The third kappa shape index (κ3) is 6.04. The number of aromatic nitrogens is 4. The van der Waals surface area contributed by atoms with Gasteiger partial charge in [-0.1, -0.05) is 97.1 Å². The Balaban J connectivity index is 1.36. The summed E-state index contributed by atoms with van der Waals surface area (Å²) in [5.41, 5.74) is 7.70. The minimum absolute atomic E-state index is 0.227. The number of hydrogen-bond acceptors (Lipinski definition) is 5. The maximum Gasteiger partial charge on any atom is 0.166 e. The molecule has 6 nitrogen and oxygen atoms in total. The number of fused-ring (bicyclic) bond motifs is 3. The lowest BCUT2D eigenvalue weighted by Gasteiger charge is -2.17. The number of para-hydroxylation sites is 1. The van der Waals surface area contributed by atoms with Gasteiger partial charge in [0.1, 0.15) is 11.6 Å². The van der Waals surface area contributed by atoms with Crippen molar-refractivity contribution in [3.05, 3.63) is 180 Å². The normalized spacial score (nSPS) is 11.1. The fourth-order valence-electron chi connectivity index (χ4n) is 7.06. The van der Waals surface area contributed by atoms with Crippen molar-refractivity contribution < 1.29 is 8.78 Å². The van der Waals surface area contributed by atoms with Crippen molar-refractivity contribution in [2.24, 2.45) is 0 Å². The van der Waals surface area contributed by atoms with Crippen LogP contribution in [0, 0.1) is 34.3 Å². The van der Waals surface area contributed by atoms with E-state index >= 15 is 4.39 Å². The molecule has 0 spiro atoms. The van der Waals surface area contributed by atoms with E-state index in [2.05, 4.69) is 22.8 Å². The van der Waals surface area contributed by atoms with Crippen LogP contribution in [-0.4, -0.2) is 19.5 Å². The lowest BCUT2D eigenvalue weighted by atomic mass is 9.99. The number of nitriles is 2. The van der Waals surface area contributed by atoms with E-state index in [1.165, 1.54) is 12.1 Å². The molecule has 0 saturated heterocycles. The average molecular weight is 713 g/mol. The number of halogens is 2. The molecule has 55 heavy (non-hydrogen) atoms. The van der Waals surface area contributed by atoms with Crippen LogP contribution in [0.4, 0.5) is 8.78 Å². The summed E-state index contributed by atoms with van der Waals surface area (Å²) in [6.45, 7) is 0. The van der Waals surface area contributed by atoms with Crippen molar-refractivity contribution in [3.63, 3.8) is 0 Å². The molecule has 0 unspecified atom stereocenters. The molecule has 0 bridgehead atoms. The SMILES string of the molecule is N#Cc1cc(C#N)cc(-c2ccc3c4ccccc4n(-c4ccc(-c5ccc(F)cc5F)cc4-c4nc(-c5ccccc5)nc(-c5ccccc5)n4)c3c2)c1. The van der Waals surface area contributed by atoms with Crippen molar-refractivity contribution in [1.82, 2.24) is 19.5 Å². The highest BCUT2D eigenvalue weighted by Gasteiger charge is 2.21. The number of benzene rings is 7. The monoisotopic (exact) mass is 712 g/mol. The van der Waals surface area contributed by atoms with E-state index in [-0.39, 0.29) is 5.56 Å². The molecular weight excluding hydrogens is 687 g/mol. The van der Waals surface area contributed by atoms with Crippen LogP contribution in [0.15, 0.2) is 158 Å². The largest absolute Gasteiger partial charge is 0.308 e. The molecule has 2 heterocycles. The summed E-state index contributed by atoms with van der Waals surface area (Å²) >= 11 is 0. The molecule has 9 rings (SSSR count). The minimum atomic E-state index is -0.692. The highest BCUT2D eigenvalue weighted by Crippen LogP contribution is 2.40. The Morgan fingerprint density at radius 3 is 1.69 bits per heavy atom. The van der Waals surface area contributed by atoms with Gasteiger partial charge in [-0.25, -0.2) is 23.7 Å². The van der Waals surface area contributed by atoms with E-state index in [1.54, 1.807) is 18.2 Å². The van der Waals surface area contributed by atoms with Gasteiger partial charge in [0, 0.05) is 39.1 Å². The van der Waals surface area contributed by atoms with Gasteiger partial charge in [0.15, 0.2) is 17.5 Å². The first-order chi connectivity index (χ1) is 27.0. The highest BCUT2D eigenvalue weighted by molar-refractivity contribution is 6.10. The van der Waals surface area contributed by atoms with Gasteiger partial charge in [0.05, 0.1) is 40.0 Å². The lowest BCUT2D eigenvalue weighted by Crippen LogP contribution is -2.04. The Morgan fingerprint density at radius 2 is 1.04 bits per heavy atom. The standard InChI is InChI=1S/C47H26F2N6/c48-36-17-19-37(41(49)26-36)34-16-20-43(40(24-34)47-53-45(31-9-3-1-4-10-31)52-46(54-47)32-11-5-2-6-12-32)55-42-14-8-7-13-38(42)39-18-15-33(25-44(39)55)35-22-29(27-50)21-30(23-35)28-51/h1-26H. The summed E-state index contributed by atoms with van der Waals surface area (Å²) in [5.74, 6) is -0.0802. The molecule has 8 heteroatoms. The smallest absolute Gasteiger partial charge is 0.166 e. The van der Waals surface area contributed by atoms with Gasteiger partial charge in [0.2, 0.25) is 0 Å². The second kappa shape index (κ2) is 13.6. The number of nitrogens with zero attached hydrogens (tertiary/aromatic N) is 6. The first-order valence-corrected chi connectivity index (χ1v) is 17.4. The summed E-state index contributed by atoms with van der Waals surface area (Å²) in [6.07, 6.45) is 0. The van der Waals surface area contributed by atoms with E-state index in [9.17, 15) is 14.9 Å². The summed E-state index contributed by atoms with van der Waals surface area (Å²) in [4.78, 5) is 15.0. The van der Waals surface area contributed by atoms with E-state index in [0.717, 1.165) is 50.1 Å². The third-order valence-corrected chi connectivity index (χ3v) is 9.62. The molecule has 0 atom stereocenters. The molecule has 0 aliphatic heterocycles. The fraction of sp³-hybridized carbons (Fsp3) is 0. The summed E-state index contributed by atoms with van der Waals surface area (Å²) in [5, 5.41) is 21.4. The van der Waals surface area contributed by atoms with Gasteiger partial charge in [-0.3, -0.25) is 0 Å². The van der Waals surface area contributed by atoms with E-state index in [0.29, 0.717) is 45.4 Å². The average Bonchev–Trinajstić information content (AvgIpc) is 3.57. The molecule has 0 amide bonds. The van der Waals surface area contributed by atoms with Crippen LogP contribution < -0.4 is 0 Å². The molecule has 7 aromatic carbocycles. The zero-order valence-electron chi connectivity index (χ0n) is 29.0. The predicted molar refractivity (Wildman–Crippen MR) is 211 cm³/mol. The van der Waals surface area contributed by atoms with Crippen molar-refractivity contribution >= 4 is 21.8 Å². The first-order valence-electron chi connectivity index (χ1n) is 17.4. The molecule has 0 aliphatic carbocycles. The van der Waals surface area contributed by atoms with E-state index < -0.39 is 11.6 Å². The van der Waals surface area contributed by atoms with Crippen LogP contribution >= 0.6 is 0 Å². The Kier molecular flexibility index (Phi) is 8.19. The maximum absolute atomic E-state index is 15.4. The van der Waals surface area contributed by atoms with Crippen LogP contribution in [0.5, 0.6) is 0 Å². The molecule has 0 saturated carbocycles. The Bertz CT molecular complexity index is 2940. The molecule has 0 radical (unpaired) electrons. The zero-order valence-corrected chi connectivity index (χ0v) is 29.0. The molecular formula is C47H26F2N6. The van der Waals surface area contributed by atoms with Crippen molar-refractivity contribution in [2.45, 2.75) is 0 Å². The molecule has 2 aromatic heterocycles. The molecule has 258 valence electrons. The summed E-state index contributed by atoms with van der Waals surface area (Å²) in [6, 6.07) is 52.0. The van der Waals surface area contributed by atoms with Gasteiger partial charge >= 0.3 is 0 Å². The van der Waals surface area contributed by atoms with E-state index in [1.807, 2.05) is 115 Å². The minimum Gasteiger partial charge on any atom is -0.308 e. The molecule has 0 N–H and O–H groups in total. The predicted octanol–water partition coefficient (Wildman–Crippen LogP) is 11.3. The highest BCUT2D eigenvalue weighted by atomic mass is 19.1. The van der Waals surface area contributed by atoms with Crippen LogP contribution in [0.2, 0.25) is 0 Å². The Hall–Kier alpha value is -7.81. The molecule has 0 aliphatic rings. The van der Waals surface area contributed by atoms with Gasteiger partial charge in [-0.05, 0) is 71.3 Å². The Labute approximate surface area is 314 Å². The fourth-order valence-corrected chi connectivity index (χ4v) is 7.06. The molecule has 0 fully saturated rings. The van der Waals surface area contributed by atoms with Crippen LogP contribution in [0.1, 0.15) is 11.1 Å². The maximum atomic E-state index is 15.4. The lowest BCUT2D eigenvalue weighted by molar-refractivity contribution is 0.585. The first kappa shape index (κ1) is 33.1. The second-order valence-electron chi connectivity index (χ2n) is 13.0. The quantitative estimate of drug-likeness (QED) is 0.171. The van der Waals surface area contributed by atoms with E-state index in [4.69, 9.17) is 15.0 Å². The van der Waals surface area contributed by atoms with Gasteiger partial charge < -0.3 is 4.57 Å². The topological polar surface area (TPSA) is 91.2 Å². The van der Waals surface area contributed by atoms with Crippen LogP contribution in [0.25, 0.3) is 83.9 Å². The van der Waals surface area contributed by atoms with Crippen molar-refractivity contribution in [2.75, 3.05) is 0 Å². The van der Waals surface area contributed by atoms with Crippen LogP contribution in [-0.2, 0) is 0 Å². The van der Waals surface area contributed by atoms with Crippen molar-refractivity contribution in [3.8, 4) is 74.2 Å². The van der Waals surface area contributed by atoms with Crippen LogP contribution in [0.3, 0.4) is 0 Å². The summed E-state index contributed by atoms with van der Waals surface area (Å²) in [7, 11) is 0. The zero-order chi connectivity index (χ0) is 37.5. The van der Waals surface area contributed by atoms with Crippen molar-refractivity contribution in [1.29, 1.82) is 10.5 Å². The molecule has 9 aromatic rings. The number of hydrogen-bond donors (Lipinski definition) is 0.